The molecule has 2 aromatic carbocycles. The quantitative estimate of drug-likeness (QED) is 0.357. The second kappa shape index (κ2) is 11.2. The van der Waals surface area contributed by atoms with Crippen molar-refractivity contribution in [2.24, 2.45) is 0 Å². The van der Waals surface area contributed by atoms with Gasteiger partial charge in [0.2, 0.25) is 5.91 Å². The molecule has 0 unspecified atom stereocenters. The monoisotopic (exact) mass is 518 g/mol. The highest BCUT2D eigenvalue weighted by Crippen LogP contribution is 2.37. The van der Waals surface area contributed by atoms with Gasteiger partial charge in [0, 0.05) is 68.3 Å². The molecule has 2 amide bonds. The average molecular weight is 519 g/mol. The average Bonchev–Trinajstić information content (AvgIpc) is 3.27. The van der Waals surface area contributed by atoms with Crippen molar-refractivity contribution in [3.8, 4) is 0 Å². The van der Waals surface area contributed by atoms with Gasteiger partial charge in [-0.25, -0.2) is 0 Å². The number of hydrogen-bond acceptors (Lipinski definition) is 6. The second-order valence-electron chi connectivity index (χ2n) is 9.48. The molecule has 5 rings (SSSR count). The Bertz CT molecular complexity index is 1280. The normalized spacial score (nSPS) is 18.2. The van der Waals surface area contributed by atoms with Crippen LogP contribution >= 0.6 is 11.3 Å². The van der Waals surface area contributed by atoms with Gasteiger partial charge in [-0.15, -0.1) is 11.3 Å². The smallest absolute Gasteiger partial charge is 0.270 e. The zero-order chi connectivity index (χ0) is 25.8. The van der Waals surface area contributed by atoms with Gasteiger partial charge in [0.05, 0.1) is 11.0 Å². The molecule has 1 saturated heterocycles. The number of rotatable bonds is 6. The third kappa shape index (κ3) is 5.57. The van der Waals surface area contributed by atoms with Gasteiger partial charge in [-0.2, -0.15) is 0 Å². The van der Waals surface area contributed by atoms with Gasteiger partial charge in [0.15, 0.2) is 0 Å². The lowest BCUT2D eigenvalue weighted by molar-refractivity contribution is -0.384. The summed E-state index contributed by atoms with van der Waals surface area (Å²) in [4.78, 5) is 44.2. The molecule has 0 spiro atoms. The summed E-state index contributed by atoms with van der Waals surface area (Å²) in [5, 5.41) is 13.2. The predicted octanol–water partition coefficient (Wildman–Crippen LogP) is 4.37. The first-order valence-corrected chi connectivity index (χ1v) is 13.6. The Morgan fingerprint density at radius 2 is 1.73 bits per heavy atom. The zero-order valence-electron chi connectivity index (χ0n) is 20.6. The molecule has 1 atom stereocenters. The summed E-state index contributed by atoms with van der Waals surface area (Å²) in [5.74, 6) is -0.129. The fraction of sp³-hybridized carbons (Fsp3) is 0.357. The molecule has 3 heterocycles. The minimum absolute atomic E-state index is 0.0985. The third-order valence-electron chi connectivity index (χ3n) is 7.23. The maximum absolute atomic E-state index is 13.2. The van der Waals surface area contributed by atoms with E-state index in [1.165, 1.54) is 34.2 Å². The van der Waals surface area contributed by atoms with Crippen molar-refractivity contribution in [2.45, 2.75) is 25.3 Å². The first-order valence-electron chi connectivity index (χ1n) is 12.7. The lowest BCUT2D eigenvalue weighted by Crippen LogP contribution is -2.40. The number of thiophene rings is 1. The number of carbonyl (C=O) groups excluding carboxylic acids is 2. The summed E-state index contributed by atoms with van der Waals surface area (Å²) in [6.45, 7) is 3.62. The topological polar surface area (TPSA) is 87.0 Å². The molecule has 37 heavy (non-hydrogen) atoms. The first-order chi connectivity index (χ1) is 18.0. The molecular formula is C28H30N4O4S. The minimum Gasteiger partial charge on any atom is -0.341 e. The SMILES string of the molecule is O=C(CCN1CCc2sccc2[C@H]1c1ccccc1)N1CCCN(C(=O)c2cccc([N+](=O)[O-])c2)CC1. The standard InChI is InChI=1S/C28H30N4O4S/c33-26(11-16-30-15-10-25-24(12-19-37-25)27(30)21-6-2-1-3-7-21)29-13-5-14-31(18-17-29)28(34)22-8-4-9-23(20-22)32(35)36/h1-4,6-9,12,19-20,27H,5,10-11,13-18H2/t27-/m1/s1. The van der Waals surface area contributed by atoms with Crippen LogP contribution in [0.5, 0.6) is 0 Å². The molecule has 0 saturated carbocycles. The van der Waals surface area contributed by atoms with E-state index in [0.29, 0.717) is 51.1 Å². The molecule has 192 valence electrons. The van der Waals surface area contributed by atoms with E-state index in [0.717, 1.165) is 13.0 Å². The van der Waals surface area contributed by atoms with Crippen LogP contribution < -0.4 is 0 Å². The fourth-order valence-corrected chi connectivity index (χ4v) is 6.24. The number of fused-ring (bicyclic) bond motifs is 1. The van der Waals surface area contributed by atoms with E-state index < -0.39 is 4.92 Å². The number of hydrogen-bond donors (Lipinski definition) is 0. The van der Waals surface area contributed by atoms with E-state index in [-0.39, 0.29) is 23.5 Å². The van der Waals surface area contributed by atoms with Crippen molar-refractivity contribution in [1.29, 1.82) is 0 Å². The molecule has 2 aliphatic heterocycles. The van der Waals surface area contributed by atoms with Crippen LogP contribution in [0.25, 0.3) is 0 Å². The second-order valence-corrected chi connectivity index (χ2v) is 10.5. The van der Waals surface area contributed by atoms with E-state index in [1.807, 2.05) is 22.3 Å². The molecule has 1 aromatic heterocycles. The minimum atomic E-state index is -0.497. The van der Waals surface area contributed by atoms with Crippen LogP contribution in [0.4, 0.5) is 5.69 Å². The molecule has 2 aliphatic rings. The zero-order valence-corrected chi connectivity index (χ0v) is 21.4. The van der Waals surface area contributed by atoms with E-state index in [2.05, 4.69) is 40.6 Å². The fourth-order valence-electron chi connectivity index (χ4n) is 5.34. The van der Waals surface area contributed by atoms with Crippen molar-refractivity contribution in [3.05, 3.63) is 97.7 Å². The third-order valence-corrected chi connectivity index (χ3v) is 8.23. The predicted molar refractivity (Wildman–Crippen MR) is 143 cm³/mol. The van der Waals surface area contributed by atoms with Crippen molar-refractivity contribution in [3.63, 3.8) is 0 Å². The number of non-ortho nitro benzene ring substituents is 1. The Morgan fingerprint density at radius 3 is 2.54 bits per heavy atom. The molecule has 0 radical (unpaired) electrons. The summed E-state index contributed by atoms with van der Waals surface area (Å²) in [5.41, 5.74) is 2.80. The molecule has 3 aromatic rings. The van der Waals surface area contributed by atoms with Gasteiger partial charge >= 0.3 is 0 Å². The number of nitrogens with zero attached hydrogens (tertiary/aromatic N) is 4. The van der Waals surface area contributed by atoms with E-state index in [9.17, 15) is 19.7 Å². The lowest BCUT2D eigenvalue weighted by atomic mass is 9.93. The van der Waals surface area contributed by atoms with Crippen LogP contribution in [0.2, 0.25) is 0 Å². The van der Waals surface area contributed by atoms with E-state index in [1.54, 1.807) is 11.0 Å². The Labute approximate surface area is 220 Å². The lowest BCUT2D eigenvalue weighted by Gasteiger charge is -2.36. The Hall–Kier alpha value is -3.56. The highest BCUT2D eigenvalue weighted by atomic mass is 32.1. The number of nitro groups is 1. The highest BCUT2D eigenvalue weighted by Gasteiger charge is 2.30. The Balaban J connectivity index is 1.20. The van der Waals surface area contributed by atoms with Gasteiger partial charge in [-0.05, 0) is 41.5 Å². The number of carbonyl (C=O) groups is 2. The van der Waals surface area contributed by atoms with Crippen LogP contribution in [0.3, 0.4) is 0 Å². The summed E-state index contributed by atoms with van der Waals surface area (Å²) in [6.07, 6.45) is 2.12. The van der Waals surface area contributed by atoms with Crippen LogP contribution in [0.15, 0.2) is 66.0 Å². The Kier molecular flexibility index (Phi) is 7.62. The van der Waals surface area contributed by atoms with Crippen molar-refractivity contribution >= 4 is 28.8 Å². The number of nitro benzene ring substituents is 1. The van der Waals surface area contributed by atoms with E-state index >= 15 is 0 Å². The molecular weight excluding hydrogens is 488 g/mol. The molecule has 1 fully saturated rings. The van der Waals surface area contributed by atoms with E-state index in [4.69, 9.17) is 0 Å². The largest absolute Gasteiger partial charge is 0.341 e. The van der Waals surface area contributed by atoms with Crippen molar-refractivity contribution in [2.75, 3.05) is 39.3 Å². The Morgan fingerprint density at radius 1 is 0.946 bits per heavy atom. The molecule has 0 aliphatic carbocycles. The van der Waals surface area contributed by atoms with Gasteiger partial charge in [-0.1, -0.05) is 36.4 Å². The first kappa shape index (κ1) is 25.1. The van der Waals surface area contributed by atoms with Gasteiger partial charge in [0.25, 0.3) is 11.6 Å². The number of amides is 2. The van der Waals surface area contributed by atoms with Gasteiger partial charge < -0.3 is 9.80 Å². The highest BCUT2D eigenvalue weighted by molar-refractivity contribution is 7.10. The van der Waals surface area contributed by atoms with Crippen molar-refractivity contribution < 1.29 is 14.5 Å². The molecule has 0 bridgehead atoms. The summed E-state index contributed by atoms with van der Waals surface area (Å²) >= 11 is 1.81. The van der Waals surface area contributed by atoms with Gasteiger partial charge in [0.1, 0.15) is 0 Å². The van der Waals surface area contributed by atoms with Crippen LogP contribution in [-0.4, -0.2) is 70.7 Å². The molecule has 9 heteroatoms. The maximum Gasteiger partial charge on any atom is 0.270 e. The van der Waals surface area contributed by atoms with Crippen LogP contribution in [0.1, 0.15) is 45.2 Å². The van der Waals surface area contributed by atoms with Crippen molar-refractivity contribution in [1.82, 2.24) is 14.7 Å². The molecule has 8 nitrogen and oxygen atoms in total. The maximum atomic E-state index is 13.2. The van der Waals surface area contributed by atoms with Crippen LogP contribution in [-0.2, 0) is 11.2 Å². The van der Waals surface area contributed by atoms with Gasteiger partial charge in [-0.3, -0.25) is 24.6 Å². The number of benzene rings is 2. The summed E-state index contributed by atoms with van der Waals surface area (Å²) < 4.78 is 0. The van der Waals surface area contributed by atoms with Crippen LogP contribution in [0, 0.1) is 10.1 Å². The molecule has 0 N–H and O–H groups in total. The summed E-state index contributed by atoms with van der Waals surface area (Å²) in [6, 6.07) is 18.7. The summed E-state index contributed by atoms with van der Waals surface area (Å²) in [7, 11) is 0.